The average Bonchev–Trinajstić information content (AvgIpc) is 1.94. The van der Waals surface area contributed by atoms with E-state index < -0.39 is 0 Å². The van der Waals surface area contributed by atoms with Gasteiger partial charge in [0.15, 0.2) is 0 Å². The molecule has 0 aromatic heterocycles. The molecule has 1 fully saturated rings. The van der Waals surface area contributed by atoms with Crippen molar-refractivity contribution < 1.29 is 37.4 Å². The minimum atomic E-state index is 0. The van der Waals surface area contributed by atoms with Crippen LogP contribution in [-0.2, 0) is 37.4 Å². The van der Waals surface area contributed by atoms with Crippen LogP contribution in [0.3, 0.4) is 0 Å². The van der Waals surface area contributed by atoms with E-state index in [0.29, 0.717) is 6.61 Å². The third-order valence-corrected chi connectivity index (χ3v) is 2.09. The minimum Gasteiger partial charge on any atom is -0.409 e. The Balaban J connectivity index is 0.000001000. The number of ether oxygens (including phenoxy) is 1. The Morgan fingerprint density at radius 3 is 2.55 bits per heavy atom. The van der Waals surface area contributed by atoms with Gasteiger partial charge in [-0.25, -0.2) is 0 Å². The Hall–Kier alpha value is 1.02. The Bertz CT molecular complexity index is 98.1. The molecule has 0 aromatic carbocycles. The van der Waals surface area contributed by atoms with Gasteiger partial charge in [-0.3, -0.25) is 0 Å². The van der Waals surface area contributed by atoms with E-state index in [1.807, 2.05) is 0 Å². The standard InChI is InChI=1S/C8H16NO.Y/c1-2-10-8-6-4-3-5-7(8)9;/h7-8H,1-6,9H2;/q-1;/t7-,8-;/m1./s1. The maximum atomic E-state index is 5.81. The van der Waals surface area contributed by atoms with Gasteiger partial charge in [-0.1, -0.05) is 19.4 Å². The van der Waals surface area contributed by atoms with Crippen molar-refractivity contribution in [3.63, 3.8) is 0 Å². The van der Waals surface area contributed by atoms with E-state index in [4.69, 9.17) is 10.5 Å². The fourth-order valence-corrected chi connectivity index (χ4v) is 1.48. The summed E-state index contributed by atoms with van der Waals surface area (Å²) in [5.41, 5.74) is 5.81. The molecule has 0 spiro atoms. The molecule has 11 heavy (non-hydrogen) atoms. The van der Waals surface area contributed by atoms with E-state index in [1.165, 1.54) is 12.8 Å². The summed E-state index contributed by atoms with van der Waals surface area (Å²) in [7, 11) is 0. The van der Waals surface area contributed by atoms with E-state index >= 15 is 0 Å². The van der Waals surface area contributed by atoms with Gasteiger partial charge in [0.25, 0.3) is 0 Å². The summed E-state index contributed by atoms with van der Waals surface area (Å²) in [6.45, 7) is 4.19. The van der Waals surface area contributed by atoms with Crippen molar-refractivity contribution in [2.24, 2.45) is 5.73 Å². The molecule has 0 saturated heterocycles. The van der Waals surface area contributed by atoms with Crippen LogP contribution in [0.4, 0.5) is 0 Å². The Morgan fingerprint density at radius 2 is 2.00 bits per heavy atom. The van der Waals surface area contributed by atoms with E-state index in [-0.39, 0.29) is 44.9 Å². The van der Waals surface area contributed by atoms with Crippen LogP contribution in [0, 0.1) is 6.92 Å². The van der Waals surface area contributed by atoms with Crippen molar-refractivity contribution in [1.82, 2.24) is 0 Å². The largest absolute Gasteiger partial charge is 0.409 e. The number of nitrogens with two attached hydrogens (primary N) is 1. The molecule has 1 saturated carbocycles. The molecule has 0 aliphatic heterocycles. The van der Waals surface area contributed by atoms with Crippen molar-refractivity contribution in [2.45, 2.75) is 37.8 Å². The predicted molar refractivity (Wildman–Crippen MR) is 41.5 cm³/mol. The molecular weight excluding hydrogens is 215 g/mol. The molecule has 1 radical (unpaired) electrons. The molecule has 0 aromatic rings. The van der Waals surface area contributed by atoms with Gasteiger partial charge in [0, 0.05) is 38.8 Å². The second kappa shape index (κ2) is 6.53. The van der Waals surface area contributed by atoms with E-state index in [0.717, 1.165) is 12.8 Å². The maximum Gasteiger partial charge on any atom is 0.0690 e. The maximum absolute atomic E-state index is 5.81. The van der Waals surface area contributed by atoms with Gasteiger partial charge in [0.05, 0.1) is 6.10 Å². The van der Waals surface area contributed by atoms with Crippen LogP contribution < -0.4 is 5.73 Å². The number of rotatable bonds is 2. The molecule has 2 atom stereocenters. The molecule has 2 N–H and O–H groups in total. The van der Waals surface area contributed by atoms with Gasteiger partial charge >= 0.3 is 0 Å². The van der Waals surface area contributed by atoms with Crippen LogP contribution in [0.25, 0.3) is 0 Å². The van der Waals surface area contributed by atoms with Gasteiger partial charge in [-0.05, 0) is 12.8 Å². The van der Waals surface area contributed by atoms with Crippen molar-refractivity contribution in [2.75, 3.05) is 6.61 Å². The summed E-state index contributed by atoms with van der Waals surface area (Å²) in [5.74, 6) is 0. The molecule has 0 unspecified atom stereocenters. The first-order chi connectivity index (χ1) is 4.84. The summed E-state index contributed by atoms with van der Waals surface area (Å²) in [6.07, 6.45) is 5.05. The average molecular weight is 231 g/mol. The summed E-state index contributed by atoms with van der Waals surface area (Å²) in [6, 6.07) is 0.260. The second-order valence-corrected chi connectivity index (χ2v) is 2.86. The summed E-state index contributed by atoms with van der Waals surface area (Å²) in [5, 5.41) is 0. The van der Waals surface area contributed by atoms with Crippen molar-refractivity contribution in [3.05, 3.63) is 6.92 Å². The topological polar surface area (TPSA) is 35.2 Å². The van der Waals surface area contributed by atoms with Gasteiger partial charge < -0.3 is 17.4 Å². The smallest absolute Gasteiger partial charge is 0.0690 e. The first kappa shape index (κ1) is 12.0. The summed E-state index contributed by atoms with van der Waals surface area (Å²) < 4.78 is 5.36. The molecule has 1 rings (SSSR count). The van der Waals surface area contributed by atoms with Crippen LogP contribution >= 0.6 is 0 Å². The first-order valence-electron chi connectivity index (χ1n) is 4.01. The second-order valence-electron chi connectivity index (χ2n) is 2.86. The zero-order valence-electron chi connectivity index (χ0n) is 6.96. The molecule has 2 nitrogen and oxygen atoms in total. The molecule has 63 valence electrons. The molecule has 3 heteroatoms. The number of hydrogen-bond acceptors (Lipinski definition) is 2. The van der Waals surface area contributed by atoms with Crippen LogP contribution in [0.5, 0.6) is 0 Å². The molecule has 0 heterocycles. The fourth-order valence-electron chi connectivity index (χ4n) is 1.48. The van der Waals surface area contributed by atoms with Crippen molar-refractivity contribution >= 4 is 0 Å². The quantitative estimate of drug-likeness (QED) is 0.722. The normalized spacial score (nSPS) is 31.1. The minimum absolute atomic E-state index is 0. The number of hydrogen-bond donors (Lipinski definition) is 1. The Labute approximate surface area is 94.1 Å². The van der Waals surface area contributed by atoms with Gasteiger partial charge in [0.2, 0.25) is 0 Å². The van der Waals surface area contributed by atoms with Crippen LogP contribution in [-0.4, -0.2) is 18.8 Å². The molecule has 0 amide bonds. The SMILES string of the molecule is [CH2-]CO[C@@H]1CCCC[C@H]1N.[Y]. The zero-order chi connectivity index (χ0) is 7.40. The molecule has 1 aliphatic carbocycles. The molecule has 1 aliphatic rings. The Morgan fingerprint density at radius 1 is 1.36 bits per heavy atom. The third kappa shape index (κ3) is 3.98. The van der Waals surface area contributed by atoms with Gasteiger partial charge in [-0.2, -0.15) is 0 Å². The summed E-state index contributed by atoms with van der Waals surface area (Å²) >= 11 is 0. The zero-order valence-corrected chi connectivity index (χ0v) is 9.80. The predicted octanol–water partition coefficient (Wildman–Crippen LogP) is 1.10. The molecular formula is C8H16NOY-. The van der Waals surface area contributed by atoms with Crippen LogP contribution in [0.15, 0.2) is 0 Å². The van der Waals surface area contributed by atoms with Gasteiger partial charge in [0.1, 0.15) is 0 Å². The first-order valence-corrected chi connectivity index (χ1v) is 4.01. The van der Waals surface area contributed by atoms with Crippen LogP contribution in [0.2, 0.25) is 0 Å². The van der Waals surface area contributed by atoms with E-state index in [2.05, 4.69) is 6.92 Å². The van der Waals surface area contributed by atoms with Crippen molar-refractivity contribution in [1.29, 1.82) is 0 Å². The van der Waals surface area contributed by atoms with Crippen molar-refractivity contribution in [3.8, 4) is 0 Å². The third-order valence-electron chi connectivity index (χ3n) is 2.09. The summed E-state index contributed by atoms with van der Waals surface area (Å²) in [4.78, 5) is 0. The Kier molecular flexibility index (Phi) is 7.14. The van der Waals surface area contributed by atoms with Gasteiger partial charge in [-0.15, -0.1) is 0 Å². The van der Waals surface area contributed by atoms with E-state index in [9.17, 15) is 0 Å². The molecule has 0 bridgehead atoms. The van der Waals surface area contributed by atoms with E-state index in [1.54, 1.807) is 0 Å². The fraction of sp³-hybridized carbons (Fsp3) is 0.875. The van der Waals surface area contributed by atoms with Crippen LogP contribution in [0.1, 0.15) is 25.7 Å². The monoisotopic (exact) mass is 231 g/mol.